The molecule has 6 heteroatoms. The number of benzene rings is 1. The second-order valence-corrected chi connectivity index (χ2v) is 3.99. The van der Waals surface area contributed by atoms with Gasteiger partial charge in [-0.05, 0) is 5.56 Å². The number of carbonyl (C=O) groups is 1. The second kappa shape index (κ2) is 5.43. The standard InChI is InChI=1S/C13H11FN2O3/c14-12-10(6-9-4-2-1-3-5-9)15-8-16(13(12)19)7-11(17)18/h1-5,8H,6-7H2,(H,17,18). The molecule has 2 rings (SSSR count). The van der Waals surface area contributed by atoms with Crippen molar-refractivity contribution < 1.29 is 14.3 Å². The zero-order valence-corrected chi connectivity index (χ0v) is 9.91. The number of nitrogens with zero attached hydrogens (tertiary/aromatic N) is 2. The molecule has 0 radical (unpaired) electrons. The Kier molecular flexibility index (Phi) is 3.70. The van der Waals surface area contributed by atoms with Crippen molar-refractivity contribution in [2.24, 2.45) is 0 Å². The molecule has 0 saturated carbocycles. The lowest BCUT2D eigenvalue weighted by atomic mass is 10.1. The second-order valence-electron chi connectivity index (χ2n) is 3.99. The Morgan fingerprint density at radius 2 is 2.00 bits per heavy atom. The largest absolute Gasteiger partial charge is 0.480 e. The third-order valence-electron chi connectivity index (χ3n) is 2.57. The van der Waals surface area contributed by atoms with Gasteiger partial charge in [0.2, 0.25) is 5.82 Å². The first-order valence-electron chi connectivity index (χ1n) is 5.57. The lowest BCUT2D eigenvalue weighted by molar-refractivity contribution is -0.137. The number of aromatic nitrogens is 2. The van der Waals surface area contributed by atoms with Gasteiger partial charge < -0.3 is 5.11 Å². The Labute approximate surface area is 108 Å². The third kappa shape index (κ3) is 3.04. The maximum atomic E-state index is 13.8. The fourth-order valence-corrected chi connectivity index (χ4v) is 1.67. The summed E-state index contributed by atoms with van der Waals surface area (Å²) in [6, 6.07) is 9.03. The summed E-state index contributed by atoms with van der Waals surface area (Å²) in [7, 11) is 0. The molecule has 0 amide bonds. The quantitative estimate of drug-likeness (QED) is 0.894. The van der Waals surface area contributed by atoms with E-state index in [0.29, 0.717) is 0 Å². The van der Waals surface area contributed by atoms with Crippen molar-refractivity contribution in [3.8, 4) is 0 Å². The molecule has 98 valence electrons. The van der Waals surface area contributed by atoms with Crippen LogP contribution < -0.4 is 5.56 Å². The van der Waals surface area contributed by atoms with Gasteiger partial charge in [0.25, 0.3) is 5.56 Å². The Morgan fingerprint density at radius 1 is 1.32 bits per heavy atom. The van der Waals surface area contributed by atoms with E-state index in [1.54, 1.807) is 24.3 Å². The highest BCUT2D eigenvalue weighted by Crippen LogP contribution is 2.07. The summed E-state index contributed by atoms with van der Waals surface area (Å²) < 4.78 is 14.5. The smallest absolute Gasteiger partial charge is 0.323 e. The van der Waals surface area contributed by atoms with Crippen molar-refractivity contribution in [1.82, 2.24) is 9.55 Å². The molecular weight excluding hydrogens is 251 g/mol. The van der Waals surface area contributed by atoms with Crippen molar-refractivity contribution >= 4 is 5.97 Å². The van der Waals surface area contributed by atoms with Gasteiger partial charge in [-0.3, -0.25) is 14.2 Å². The van der Waals surface area contributed by atoms with Gasteiger partial charge in [-0.15, -0.1) is 0 Å². The Hall–Kier alpha value is -2.50. The van der Waals surface area contributed by atoms with E-state index in [2.05, 4.69) is 4.98 Å². The van der Waals surface area contributed by atoms with Gasteiger partial charge in [0.15, 0.2) is 0 Å². The maximum absolute atomic E-state index is 13.8. The fraction of sp³-hybridized carbons (Fsp3) is 0.154. The number of aliphatic carboxylic acids is 1. The van der Waals surface area contributed by atoms with Gasteiger partial charge in [-0.1, -0.05) is 30.3 Å². The van der Waals surface area contributed by atoms with E-state index in [1.165, 1.54) is 0 Å². The molecule has 19 heavy (non-hydrogen) atoms. The van der Waals surface area contributed by atoms with E-state index in [1.807, 2.05) is 6.07 Å². The summed E-state index contributed by atoms with van der Waals surface area (Å²) >= 11 is 0. The van der Waals surface area contributed by atoms with Gasteiger partial charge in [-0.25, -0.2) is 4.98 Å². The maximum Gasteiger partial charge on any atom is 0.323 e. The fourth-order valence-electron chi connectivity index (χ4n) is 1.67. The summed E-state index contributed by atoms with van der Waals surface area (Å²) in [6.07, 6.45) is 1.24. The van der Waals surface area contributed by atoms with Crippen LogP contribution in [-0.4, -0.2) is 20.6 Å². The zero-order chi connectivity index (χ0) is 13.8. The first-order chi connectivity index (χ1) is 9.08. The summed E-state index contributed by atoms with van der Waals surface area (Å²) in [6.45, 7) is -0.603. The SMILES string of the molecule is O=C(O)Cn1cnc(Cc2ccccc2)c(F)c1=O. The molecule has 2 aromatic rings. The molecule has 0 spiro atoms. The predicted molar refractivity (Wildman–Crippen MR) is 65.3 cm³/mol. The van der Waals surface area contributed by atoms with Gasteiger partial charge >= 0.3 is 5.97 Å². The van der Waals surface area contributed by atoms with Crippen LogP contribution in [0.4, 0.5) is 4.39 Å². The Balaban J connectivity index is 2.31. The number of carboxylic acids is 1. The number of halogens is 1. The number of carboxylic acid groups (broad SMARTS) is 1. The van der Waals surface area contributed by atoms with E-state index >= 15 is 0 Å². The molecule has 1 N–H and O–H groups in total. The number of rotatable bonds is 4. The molecule has 0 aliphatic heterocycles. The van der Waals surface area contributed by atoms with Gasteiger partial charge in [0.05, 0.1) is 12.0 Å². The summed E-state index contributed by atoms with van der Waals surface area (Å²) in [4.78, 5) is 25.9. The minimum atomic E-state index is -1.22. The molecule has 0 atom stereocenters. The average Bonchev–Trinajstić information content (AvgIpc) is 2.39. The molecule has 0 aliphatic carbocycles. The minimum Gasteiger partial charge on any atom is -0.480 e. The van der Waals surface area contributed by atoms with Crippen molar-refractivity contribution in [3.63, 3.8) is 0 Å². The van der Waals surface area contributed by atoms with Gasteiger partial charge in [-0.2, -0.15) is 4.39 Å². The Bertz CT molecular complexity index is 653. The van der Waals surface area contributed by atoms with Crippen LogP contribution in [-0.2, 0) is 17.8 Å². The zero-order valence-electron chi connectivity index (χ0n) is 9.91. The highest BCUT2D eigenvalue weighted by atomic mass is 19.1. The molecule has 5 nitrogen and oxygen atoms in total. The molecular formula is C13H11FN2O3. The average molecular weight is 262 g/mol. The van der Waals surface area contributed by atoms with Crippen molar-refractivity contribution in [3.05, 3.63) is 64.1 Å². The lowest BCUT2D eigenvalue weighted by Gasteiger charge is -2.05. The van der Waals surface area contributed by atoms with Crippen LogP contribution in [0.5, 0.6) is 0 Å². The van der Waals surface area contributed by atoms with Crippen LogP contribution >= 0.6 is 0 Å². The van der Waals surface area contributed by atoms with Crippen LogP contribution in [0, 0.1) is 5.82 Å². The molecule has 0 unspecified atom stereocenters. The summed E-state index contributed by atoms with van der Waals surface area (Å²) in [5, 5.41) is 8.58. The van der Waals surface area contributed by atoms with E-state index in [4.69, 9.17) is 5.11 Å². The molecule has 0 saturated heterocycles. The molecule has 1 aromatic carbocycles. The summed E-state index contributed by atoms with van der Waals surface area (Å²) in [5.41, 5.74) is -0.134. The van der Waals surface area contributed by atoms with Crippen LogP contribution in [0.25, 0.3) is 0 Å². The van der Waals surface area contributed by atoms with Crippen LogP contribution in [0.2, 0.25) is 0 Å². The molecule has 1 heterocycles. The molecule has 1 aromatic heterocycles. The highest BCUT2D eigenvalue weighted by Gasteiger charge is 2.13. The van der Waals surface area contributed by atoms with Gasteiger partial charge in [0, 0.05) is 6.42 Å². The third-order valence-corrected chi connectivity index (χ3v) is 2.57. The lowest BCUT2D eigenvalue weighted by Crippen LogP contribution is -2.28. The molecule has 0 bridgehead atoms. The van der Waals surface area contributed by atoms with Crippen LogP contribution in [0.15, 0.2) is 41.5 Å². The minimum absolute atomic E-state index is 0.0119. The summed E-state index contributed by atoms with van der Waals surface area (Å²) in [5.74, 6) is -2.23. The van der Waals surface area contributed by atoms with E-state index in [9.17, 15) is 14.0 Å². The van der Waals surface area contributed by atoms with E-state index < -0.39 is 23.9 Å². The van der Waals surface area contributed by atoms with Crippen molar-refractivity contribution in [1.29, 1.82) is 0 Å². The Morgan fingerprint density at radius 3 is 2.63 bits per heavy atom. The van der Waals surface area contributed by atoms with Gasteiger partial charge in [0.1, 0.15) is 6.54 Å². The van der Waals surface area contributed by atoms with E-state index in [-0.39, 0.29) is 12.1 Å². The topological polar surface area (TPSA) is 72.2 Å². The first kappa shape index (κ1) is 12.9. The van der Waals surface area contributed by atoms with Crippen LogP contribution in [0.1, 0.15) is 11.3 Å². The molecule has 0 aliphatic rings. The van der Waals surface area contributed by atoms with Crippen molar-refractivity contribution in [2.45, 2.75) is 13.0 Å². The van der Waals surface area contributed by atoms with E-state index in [0.717, 1.165) is 16.5 Å². The molecule has 0 fully saturated rings. The monoisotopic (exact) mass is 262 g/mol. The first-order valence-corrected chi connectivity index (χ1v) is 5.57. The number of hydrogen-bond donors (Lipinski definition) is 1. The highest BCUT2D eigenvalue weighted by molar-refractivity contribution is 5.66. The van der Waals surface area contributed by atoms with Crippen molar-refractivity contribution in [2.75, 3.05) is 0 Å². The predicted octanol–water partition coefficient (Wildman–Crippen LogP) is 1.06. The normalized spacial score (nSPS) is 10.4. The van der Waals surface area contributed by atoms with Crippen LogP contribution in [0.3, 0.4) is 0 Å². The number of hydrogen-bond acceptors (Lipinski definition) is 3.